The van der Waals surface area contributed by atoms with Crippen molar-refractivity contribution < 1.29 is 18.0 Å². The molecule has 0 aliphatic carbocycles. The van der Waals surface area contributed by atoms with Crippen LogP contribution in [0, 0.1) is 0 Å². The second-order valence-electron chi connectivity index (χ2n) is 5.21. The number of hydrogen-bond donors (Lipinski definition) is 1. The minimum Gasteiger partial charge on any atom is -0.398 e. The summed E-state index contributed by atoms with van der Waals surface area (Å²) < 4.78 is 38.4. The minimum atomic E-state index is -4.93. The number of carbonyl (C=O) groups excluding carboxylic acids is 1. The quantitative estimate of drug-likeness (QED) is 0.641. The highest BCUT2D eigenvalue weighted by Crippen LogP contribution is 2.45. The molecule has 1 aliphatic rings. The van der Waals surface area contributed by atoms with Gasteiger partial charge in [0.15, 0.2) is 0 Å². The smallest absolute Gasteiger partial charge is 0.398 e. The van der Waals surface area contributed by atoms with E-state index in [1.807, 2.05) is 0 Å². The highest BCUT2D eigenvalue weighted by Gasteiger charge is 2.46. The van der Waals surface area contributed by atoms with E-state index in [2.05, 4.69) is 0 Å². The zero-order valence-corrected chi connectivity index (χ0v) is 12.1. The van der Waals surface area contributed by atoms with Gasteiger partial charge in [-0.05, 0) is 17.0 Å². The Labute approximate surface area is 129 Å². The number of nitrogens with zero attached hydrogens (tertiary/aromatic N) is 1. The lowest BCUT2D eigenvalue weighted by atomic mass is 9.95. The van der Waals surface area contributed by atoms with Crippen LogP contribution in [0.1, 0.15) is 11.5 Å². The normalized spacial score (nSPS) is 17.8. The van der Waals surface area contributed by atoms with Crippen LogP contribution in [0.3, 0.4) is 0 Å². The van der Waals surface area contributed by atoms with Crippen LogP contribution in [0.15, 0.2) is 30.3 Å². The molecule has 1 heterocycles. The Morgan fingerprint density at radius 2 is 1.95 bits per heavy atom. The summed E-state index contributed by atoms with van der Waals surface area (Å²) in [6, 6.07) is 8.58. The Bertz CT molecular complexity index is 760. The Morgan fingerprint density at radius 1 is 1.32 bits per heavy atom. The number of anilines is 2. The van der Waals surface area contributed by atoms with E-state index >= 15 is 0 Å². The van der Waals surface area contributed by atoms with Gasteiger partial charge in [0.25, 0.3) is 0 Å². The van der Waals surface area contributed by atoms with E-state index in [0.29, 0.717) is 11.3 Å². The van der Waals surface area contributed by atoms with Crippen LogP contribution in [0.5, 0.6) is 0 Å². The third-order valence-corrected chi connectivity index (χ3v) is 4.24. The van der Waals surface area contributed by atoms with Gasteiger partial charge in [0.1, 0.15) is 0 Å². The van der Waals surface area contributed by atoms with Gasteiger partial charge in [-0.15, -0.1) is 11.6 Å². The summed E-state index contributed by atoms with van der Waals surface area (Å²) in [7, 11) is 0. The first-order valence-electron chi connectivity index (χ1n) is 6.60. The van der Waals surface area contributed by atoms with Crippen LogP contribution in [0.25, 0.3) is 10.8 Å². The second-order valence-corrected chi connectivity index (χ2v) is 5.52. The maximum atomic E-state index is 12.8. The molecular formula is C15H12ClF3N2O. The third kappa shape index (κ3) is 2.18. The number of amides is 1. The van der Waals surface area contributed by atoms with Gasteiger partial charge < -0.3 is 10.6 Å². The van der Waals surface area contributed by atoms with E-state index in [1.165, 1.54) is 6.07 Å². The summed E-state index contributed by atoms with van der Waals surface area (Å²) in [5.74, 6) is -2.12. The number of hydrogen-bond acceptors (Lipinski definition) is 2. The largest absolute Gasteiger partial charge is 0.471 e. The van der Waals surface area contributed by atoms with Gasteiger partial charge in [0.2, 0.25) is 0 Å². The summed E-state index contributed by atoms with van der Waals surface area (Å²) in [5.41, 5.74) is 7.12. The Balaban J connectivity index is 2.24. The van der Waals surface area contributed by atoms with Crippen LogP contribution in [0.4, 0.5) is 24.5 Å². The molecule has 1 amide bonds. The molecule has 1 atom stereocenters. The fraction of sp³-hybridized carbons (Fsp3) is 0.267. The standard InChI is InChI=1S/C15H12ClF3N2O/c16-6-8-7-21(14(22)15(17,18)19)12-5-11(20)9-3-1-2-4-10(9)13(8)12/h1-5,8H,6-7,20H2. The molecular weight excluding hydrogens is 317 g/mol. The molecule has 1 aliphatic heterocycles. The van der Waals surface area contributed by atoms with Crippen LogP contribution in [-0.4, -0.2) is 24.5 Å². The molecule has 0 aromatic heterocycles. The molecule has 116 valence electrons. The second kappa shape index (κ2) is 5.05. The van der Waals surface area contributed by atoms with Crippen molar-refractivity contribution in [3.05, 3.63) is 35.9 Å². The average Bonchev–Trinajstić information content (AvgIpc) is 2.84. The molecule has 0 spiro atoms. The Kier molecular flexibility index (Phi) is 3.44. The molecule has 2 aromatic carbocycles. The third-order valence-electron chi connectivity index (χ3n) is 3.87. The summed E-state index contributed by atoms with van der Waals surface area (Å²) in [6.45, 7) is -0.0926. The highest BCUT2D eigenvalue weighted by molar-refractivity contribution is 6.19. The van der Waals surface area contributed by atoms with Crippen molar-refractivity contribution in [2.75, 3.05) is 23.1 Å². The number of rotatable bonds is 1. The molecule has 2 aromatic rings. The van der Waals surface area contributed by atoms with Crippen molar-refractivity contribution in [2.24, 2.45) is 0 Å². The molecule has 0 saturated carbocycles. The molecule has 0 fully saturated rings. The van der Waals surface area contributed by atoms with Gasteiger partial charge in [-0.25, -0.2) is 0 Å². The maximum Gasteiger partial charge on any atom is 0.471 e. The summed E-state index contributed by atoms with van der Waals surface area (Å²) >= 11 is 5.91. The fourth-order valence-corrected chi connectivity index (χ4v) is 3.20. The summed E-state index contributed by atoms with van der Waals surface area (Å²) in [5, 5.41) is 1.48. The van der Waals surface area contributed by atoms with Crippen molar-refractivity contribution in [3.8, 4) is 0 Å². The lowest BCUT2D eigenvalue weighted by molar-refractivity contribution is -0.170. The molecule has 22 heavy (non-hydrogen) atoms. The number of halogens is 4. The molecule has 0 saturated heterocycles. The first-order valence-corrected chi connectivity index (χ1v) is 7.13. The lowest BCUT2D eigenvalue weighted by Crippen LogP contribution is -2.40. The van der Waals surface area contributed by atoms with E-state index < -0.39 is 12.1 Å². The predicted molar refractivity (Wildman–Crippen MR) is 80.2 cm³/mol. The number of alkyl halides is 4. The summed E-state index contributed by atoms with van der Waals surface area (Å²) in [6.07, 6.45) is -4.93. The van der Waals surface area contributed by atoms with Crippen LogP contribution >= 0.6 is 11.6 Å². The molecule has 1 unspecified atom stereocenters. The van der Waals surface area contributed by atoms with Crippen molar-refractivity contribution in [3.63, 3.8) is 0 Å². The maximum absolute atomic E-state index is 12.8. The Hall–Kier alpha value is -1.95. The Morgan fingerprint density at radius 3 is 2.55 bits per heavy atom. The van der Waals surface area contributed by atoms with E-state index in [-0.39, 0.29) is 24.0 Å². The van der Waals surface area contributed by atoms with E-state index in [9.17, 15) is 18.0 Å². The van der Waals surface area contributed by atoms with Gasteiger partial charge in [0.05, 0.1) is 5.69 Å². The topological polar surface area (TPSA) is 46.3 Å². The van der Waals surface area contributed by atoms with E-state index in [1.54, 1.807) is 24.3 Å². The average molecular weight is 329 g/mol. The number of nitrogen functional groups attached to an aromatic ring is 1. The lowest BCUT2D eigenvalue weighted by Gasteiger charge is -2.19. The van der Waals surface area contributed by atoms with E-state index in [0.717, 1.165) is 15.7 Å². The zero-order chi connectivity index (χ0) is 16.1. The predicted octanol–water partition coefficient (Wildman–Crippen LogP) is 3.65. The van der Waals surface area contributed by atoms with Crippen molar-refractivity contribution in [2.45, 2.75) is 12.1 Å². The van der Waals surface area contributed by atoms with Crippen LogP contribution in [-0.2, 0) is 4.79 Å². The molecule has 7 heteroatoms. The monoisotopic (exact) mass is 328 g/mol. The van der Waals surface area contributed by atoms with Crippen molar-refractivity contribution in [1.82, 2.24) is 0 Å². The van der Waals surface area contributed by atoms with Gasteiger partial charge >= 0.3 is 12.1 Å². The van der Waals surface area contributed by atoms with Gasteiger partial charge in [0, 0.05) is 29.4 Å². The van der Waals surface area contributed by atoms with Gasteiger partial charge in [-0.3, -0.25) is 4.79 Å². The van der Waals surface area contributed by atoms with Crippen LogP contribution in [0.2, 0.25) is 0 Å². The molecule has 3 nitrogen and oxygen atoms in total. The molecule has 2 N–H and O–H groups in total. The molecule has 0 bridgehead atoms. The number of carbonyl (C=O) groups is 1. The van der Waals surface area contributed by atoms with Gasteiger partial charge in [-0.1, -0.05) is 24.3 Å². The van der Waals surface area contributed by atoms with Crippen LogP contribution < -0.4 is 10.6 Å². The van der Waals surface area contributed by atoms with Crippen molar-refractivity contribution >= 4 is 39.7 Å². The minimum absolute atomic E-state index is 0.0926. The summed E-state index contributed by atoms with van der Waals surface area (Å²) in [4.78, 5) is 12.4. The fourth-order valence-electron chi connectivity index (χ4n) is 2.94. The SMILES string of the molecule is Nc1cc2c(c3ccccc13)C(CCl)CN2C(=O)C(F)(F)F. The molecule has 3 rings (SSSR count). The first-order chi connectivity index (χ1) is 10.3. The van der Waals surface area contributed by atoms with Crippen molar-refractivity contribution in [1.29, 1.82) is 0 Å². The molecule has 0 radical (unpaired) electrons. The number of benzene rings is 2. The van der Waals surface area contributed by atoms with E-state index in [4.69, 9.17) is 17.3 Å². The number of nitrogens with two attached hydrogens (primary N) is 1. The zero-order valence-electron chi connectivity index (χ0n) is 11.3. The first kappa shape index (κ1) is 15.0. The van der Waals surface area contributed by atoms with Gasteiger partial charge in [-0.2, -0.15) is 13.2 Å². The number of fused-ring (bicyclic) bond motifs is 3. The highest BCUT2D eigenvalue weighted by atomic mass is 35.5.